The number of nitrogens with one attached hydrogen (secondary N) is 1. The minimum atomic E-state index is -1.19. The molecule has 40 heavy (non-hydrogen) atoms. The van der Waals surface area contributed by atoms with Crippen LogP contribution in [0.1, 0.15) is 33.0 Å². The Kier molecular flexibility index (Phi) is 7.63. The molecule has 1 atom stereocenters. The third-order valence-electron chi connectivity index (χ3n) is 6.68. The van der Waals surface area contributed by atoms with Gasteiger partial charge in [0.15, 0.2) is 0 Å². The number of hydrogen-bond donors (Lipinski definition) is 3. The summed E-state index contributed by atoms with van der Waals surface area (Å²) < 4.78 is 5.50. The molecule has 0 aliphatic heterocycles. The van der Waals surface area contributed by atoms with Crippen molar-refractivity contribution < 1.29 is 29.3 Å². The predicted molar refractivity (Wildman–Crippen MR) is 147 cm³/mol. The van der Waals surface area contributed by atoms with Crippen molar-refractivity contribution in [2.24, 2.45) is 10.2 Å². The molecule has 9 heteroatoms. The number of carboxylic acids is 2. The van der Waals surface area contributed by atoms with E-state index in [0.29, 0.717) is 16.9 Å². The van der Waals surface area contributed by atoms with E-state index in [1.165, 1.54) is 12.1 Å². The maximum atomic E-state index is 12.6. The average molecular weight is 536 g/mol. The Hall–Kier alpha value is -5.31. The Labute approximate surface area is 229 Å². The quantitative estimate of drug-likeness (QED) is 0.214. The molecule has 0 unspecified atom stereocenters. The van der Waals surface area contributed by atoms with Crippen LogP contribution in [0.2, 0.25) is 0 Å². The standard InChI is InChI=1S/C31H25N3O6/c35-29(36)20-6-5-7-22(17-20)34-33-21-14-12-19(13-15-21)16-28(30(37)38)32-31(39)40-18-27-25-10-3-1-8-23(25)24-9-2-4-11-26(24)27/h1-15,17,27-28H,16,18H2,(H,32,39)(H,35,36)(H,37,38)/t28-/m0/s1. The number of aromatic carboxylic acids is 1. The van der Waals surface area contributed by atoms with Crippen molar-refractivity contribution in [3.8, 4) is 11.1 Å². The van der Waals surface area contributed by atoms with E-state index in [4.69, 9.17) is 9.84 Å². The van der Waals surface area contributed by atoms with Crippen molar-refractivity contribution in [3.05, 3.63) is 119 Å². The molecular weight excluding hydrogens is 510 g/mol. The number of rotatable bonds is 9. The molecule has 0 bridgehead atoms. The molecule has 0 spiro atoms. The lowest BCUT2D eigenvalue weighted by Crippen LogP contribution is -2.42. The Bertz CT molecular complexity index is 1550. The fourth-order valence-corrected chi connectivity index (χ4v) is 4.73. The first kappa shape index (κ1) is 26.3. The molecule has 1 aliphatic carbocycles. The van der Waals surface area contributed by atoms with Gasteiger partial charge in [-0.2, -0.15) is 10.2 Å². The fraction of sp³-hybridized carbons (Fsp3) is 0.129. The number of carbonyl (C=O) groups is 3. The van der Waals surface area contributed by atoms with Crippen molar-refractivity contribution >= 4 is 29.4 Å². The summed E-state index contributed by atoms with van der Waals surface area (Å²) in [6.45, 7) is 0.0846. The SMILES string of the molecule is O=C(N[C@@H](Cc1ccc(N=Nc2cccc(C(=O)O)c2)cc1)C(=O)O)OCC1c2ccccc2-c2ccccc21. The van der Waals surface area contributed by atoms with E-state index in [2.05, 4.69) is 15.5 Å². The third kappa shape index (κ3) is 5.88. The summed E-state index contributed by atoms with van der Waals surface area (Å²) in [5.41, 5.74) is 6.01. The Morgan fingerprint density at radius 1 is 0.775 bits per heavy atom. The van der Waals surface area contributed by atoms with Crippen molar-refractivity contribution in [2.75, 3.05) is 6.61 Å². The molecule has 1 amide bonds. The molecule has 4 aromatic carbocycles. The first-order valence-electron chi connectivity index (χ1n) is 12.6. The first-order valence-corrected chi connectivity index (χ1v) is 12.6. The molecule has 0 aromatic heterocycles. The van der Waals surface area contributed by atoms with E-state index >= 15 is 0 Å². The second-order valence-corrected chi connectivity index (χ2v) is 9.29. The number of nitrogens with zero attached hydrogens (tertiary/aromatic N) is 2. The van der Waals surface area contributed by atoms with Gasteiger partial charge in [-0.1, -0.05) is 66.7 Å². The second kappa shape index (κ2) is 11.6. The van der Waals surface area contributed by atoms with Crippen molar-refractivity contribution in [2.45, 2.75) is 18.4 Å². The van der Waals surface area contributed by atoms with Gasteiger partial charge in [0, 0.05) is 12.3 Å². The number of azo groups is 1. The summed E-state index contributed by atoms with van der Waals surface area (Å²) in [6.07, 6.45) is -0.763. The van der Waals surface area contributed by atoms with Gasteiger partial charge in [0.2, 0.25) is 0 Å². The van der Waals surface area contributed by atoms with Gasteiger partial charge in [0.25, 0.3) is 0 Å². The van der Waals surface area contributed by atoms with Gasteiger partial charge in [0.1, 0.15) is 12.6 Å². The van der Waals surface area contributed by atoms with Gasteiger partial charge in [-0.3, -0.25) is 0 Å². The van der Waals surface area contributed by atoms with E-state index in [1.807, 2.05) is 48.5 Å². The van der Waals surface area contributed by atoms with Crippen molar-refractivity contribution in [3.63, 3.8) is 0 Å². The van der Waals surface area contributed by atoms with Crippen LogP contribution in [-0.4, -0.2) is 40.9 Å². The summed E-state index contributed by atoms with van der Waals surface area (Å²) in [5.74, 6) is -2.37. The molecule has 0 radical (unpaired) electrons. The number of benzene rings is 4. The first-order chi connectivity index (χ1) is 19.4. The van der Waals surface area contributed by atoms with E-state index < -0.39 is 24.1 Å². The summed E-state index contributed by atoms with van der Waals surface area (Å²) in [6, 6.07) is 27.5. The zero-order valence-corrected chi connectivity index (χ0v) is 21.2. The molecule has 3 N–H and O–H groups in total. The highest BCUT2D eigenvalue weighted by Gasteiger charge is 2.29. The van der Waals surface area contributed by atoms with Gasteiger partial charge in [-0.25, -0.2) is 14.4 Å². The smallest absolute Gasteiger partial charge is 0.407 e. The van der Waals surface area contributed by atoms with Crippen molar-refractivity contribution in [1.82, 2.24) is 5.32 Å². The molecule has 200 valence electrons. The normalized spacial score (nSPS) is 12.9. The largest absolute Gasteiger partial charge is 0.480 e. The van der Waals surface area contributed by atoms with E-state index in [9.17, 15) is 19.5 Å². The highest BCUT2D eigenvalue weighted by Crippen LogP contribution is 2.44. The van der Waals surface area contributed by atoms with Gasteiger partial charge in [0.05, 0.1) is 16.9 Å². The Balaban J connectivity index is 1.19. The Morgan fingerprint density at radius 3 is 2.02 bits per heavy atom. The lowest BCUT2D eigenvalue weighted by Gasteiger charge is -2.17. The predicted octanol–water partition coefficient (Wildman–Crippen LogP) is 6.33. The van der Waals surface area contributed by atoms with Crippen LogP contribution in [0.5, 0.6) is 0 Å². The monoisotopic (exact) mass is 535 g/mol. The number of amides is 1. The van der Waals surface area contributed by atoms with Crippen LogP contribution in [0.3, 0.4) is 0 Å². The molecular formula is C31H25N3O6. The average Bonchev–Trinajstić information content (AvgIpc) is 3.29. The van der Waals surface area contributed by atoms with Gasteiger partial charge < -0.3 is 20.3 Å². The summed E-state index contributed by atoms with van der Waals surface area (Å²) in [4.78, 5) is 35.6. The number of ether oxygens (including phenoxy) is 1. The number of fused-ring (bicyclic) bond motifs is 3. The lowest BCUT2D eigenvalue weighted by atomic mass is 9.98. The molecule has 0 saturated carbocycles. The topological polar surface area (TPSA) is 138 Å². The number of hydrogen-bond acceptors (Lipinski definition) is 6. The zero-order chi connectivity index (χ0) is 28.1. The number of alkyl carbamates (subject to hydrolysis) is 1. The third-order valence-corrected chi connectivity index (χ3v) is 6.68. The van der Waals surface area contributed by atoms with Crippen LogP contribution in [0.15, 0.2) is 107 Å². The summed E-state index contributed by atoms with van der Waals surface area (Å²) >= 11 is 0. The van der Waals surface area contributed by atoms with Gasteiger partial charge >= 0.3 is 18.0 Å². The molecule has 5 rings (SSSR count). The van der Waals surface area contributed by atoms with Crippen LogP contribution < -0.4 is 5.32 Å². The number of carbonyl (C=O) groups excluding carboxylic acids is 1. The highest BCUT2D eigenvalue weighted by atomic mass is 16.5. The molecule has 4 aromatic rings. The van der Waals surface area contributed by atoms with E-state index in [0.717, 1.165) is 22.3 Å². The van der Waals surface area contributed by atoms with Crippen LogP contribution >= 0.6 is 0 Å². The fourth-order valence-electron chi connectivity index (χ4n) is 4.73. The maximum Gasteiger partial charge on any atom is 0.407 e. The molecule has 9 nitrogen and oxygen atoms in total. The van der Waals surface area contributed by atoms with Crippen LogP contribution in [0.25, 0.3) is 11.1 Å². The van der Waals surface area contributed by atoms with E-state index in [-0.39, 0.29) is 24.5 Å². The molecule has 0 heterocycles. The maximum absolute atomic E-state index is 12.6. The number of aliphatic carboxylic acids is 1. The molecule has 0 fully saturated rings. The summed E-state index contributed by atoms with van der Waals surface area (Å²) in [7, 11) is 0. The van der Waals surface area contributed by atoms with Crippen LogP contribution in [-0.2, 0) is 16.0 Å². The minimum Gasteiger partial charge on any atom is -0.480 e. The molecule has 0 saturated heterocycles. The lowest BCUT2D eigenvalue weighted by molar-refractivity contribution is -0.139. The Morgan fingerprint density at radius 2 is 1.40 bits per heavy atom. The zero-order valence-electron chi connectivity index (χ0n) is 21.2. The highest BCUT2D eigenvalue weighted by molar-refractivity contribution is 5.88. The second-order valence-electron chi connectivity index (χ2n) is 9.29. The minimum absolute atomic E-state index is 0.0393. The van der Waals surface area contributed by atoms with Gasteiger partial charge in [-0.15, -0.1) is 0 Å². The number of carboxylic acid groups (broad SMARTS) is 2. The van der Waals surface area contributed by atoms with Gasteiger partial charge in [-0.05, 0) is 58.1 Å². The molecule has 1 aliphatic rings. The van der Waals surface area contributed by atoms with Crippen LogP contribution in [0.4, 0.5) is 16.2 Å². The van der Waals surface area contributed by atoms with E-state index in [1.54, 1.807) is 36.4 Å². The van der Waals surface area contributed by atoms with Crippen LogP contribution in [0, 0.1) is 0 Å². The summed E-state index contributed by atoms with van der Waals surface area (Å²) in [5, 5.41) is 29.4. The van der Waals surface area contributed by atoms with Crippen molar-refractivity contribution in [1.29, 1.82) is 0 Å².